The van der Waals surface area contributed by atoms with Crippen LogP contribution in [0.5, 0.6) is 5.75 Å². The molecule has 0 bridgehead atoms. The molecule has 0 saturated carbocycles. The maximum absolute atomic E-state index is 12.8. The van der Waals surface area contributed by atoms with Crippen molar-refractivity contribution in [2.45, 2.75) is 13.3 Å². The minimum Gasteiger partial charge on any atom is -0.493 e. The first-order valence-electron chi connectivity index (χ1n) is 7.54. The molecule has 1 aromatic heterocycles. The average molecular weight is 324 g/mol. The standard InChI is InChI=1S/C19H16O5/c1-12-18(13-5-3-2-4-6-13)19(22)15-8-7-14(11-16(15)24-12)23-10-9-17(20)21/h2-8,11H,9-10H2,1H3,(H,20,21). The van der Waals surface area contributed by atoms with E-state index in [1.807, 2.05) is 30.3 Å². The molecule has 0 fully saturated rings. The highest BCUT2D eigenvalue weighted by atomic mass is 16.5. The molecule has 0 saturated heterocycles. The number of carbonyl (C=O) groups is 1. The first kappa shape index (κ1) is 15.8. The van der Waals surface area contributed by atoms with Crippen molar-refractivity contribution in [1.82, 2.24) is 0 Å². The summed E-state index contributed by atoms with van der Waals surface area (Å²) in [6.45, 7) is 1.81. The van der Waals surface area contributed by atoms with Gasteiger partial charge in [0.05, 0.1) is 24.0 Å². The molecule has 3 rings (SSSR count). The van der Waals surface area contributed by atoms with Gasteiger partial charge in [0.2, 0.25) is 5.43 Å². The zero-order valence-corrected chi connectivity index (χ0v) is 13.1. The summed E-state index contributed by atoms with van der Waals surface area (Å²) in [4.78, 5) is 23.3. The van der Waals surface area contributed by atoms with E-state index in [0.717, 1.165) is 5.56 Å². The van der Waals surface area contributed by atoms with Gasteiger partial charge in [-0.15, -0.1) is 0 Å². The molecule has 1 N–H and O–H groups in total. The second-order valence-corrected chi connectivity index (χ2v) is 5.38. The molecule has 24 heavy (non-hydrogen) atoms. The molecule has 1 heterocycles. The summed E-state index contributed by atoms with van der Waals surface area (Å²) in [5, 5.41) is 9.10. The van der Waals surface area contributed by atoms with Gasteiger partial charge in [-0.25, -0.2) is 0 Å². The molecule has 122 valence electrons. The average Bonchev–Trinajstić information content (AvgIpc) is 2.55. The number of benzene rings is 2. The molecular weight excluding hydrogens is 308 g/mol. The SMILES string of the molecule is Cc1oc2cc(OCCC(=O)O)ccc2c(=O)c1-c1ccccc1. The van der Waals surface area contributed by atoms with Crippen LogP contribution < -0.4 is 10.2 Å². The summed E-state index contributed by atoms with van der Waals surface area (Å²) in [5.74, 6) is 0.0748. The number of aryl methyl sites for hydroxylation is 1. The lowest BCUT2D eigenvalue weighted by Crippen LogP contribution is -2.08. The van der Waals surface area contributed by atoms with Crippen LogP contribution in [-0.2, 0) is 4.79 Å². The molecule has 0 radical (unpaired) electrons. The molecule has 3 aromatic rings. The Morgan fingerprint density at radius 1 is 1.17 bits per heavy atom. The predicted octanol–water partition coefficient (Wildman–Crippen LogP) is 3.62. The number of carboxylic acids is 1. The largest absolute Gasteiger partial charge is 0.493 e. The van der Waals surface area contributed by atoms with Crippen LogP contribution in [0.25, 0.3) is 22.1 Å². The Morgan fingerprint density at radius 2 is 1.92 bits per heavy atom. The van der Waals surface area contributed by atoms with Crippen LogP contribution in [-0.4, -0.2) is 17.7 Å². The molecule has 0 spiro atoms. The van der Waals surface area contributed by atoms with Crippen molar-refractivity contribution in [3.05, 3.63) is 64.5 Å². The van der Waals surface area contributed by atoms with E-state index in [4.69, 9.17) is 14.3 Å². The van der Waals surface area contributed by atoms with Crippen LogP contribution in [0.1, 0.15) is 12.2 Å². The fraction of sp³-hybridized carbons (Fsp3) is 0.158. The van der Waals surface area contributed by atoms with Gasteiger partial charge < -0.3 is 14.3 Å². The van der Waals surface area contributed by atoms with Crippen LogP contribution in [0.4, 0.5) is 0 Å². The van der Waals surface area contributed by atoms with E-state index < -0.39 is 5.97 Å². The second-order valence-electron chi connectivity index (χ2n) is 5.38. The van der Waals surface area contributed by atoms with E-state index in [1.54, 1.807) is 25.1 Å². The van der Waals surface area contributed by atoms with Gasteiger partial charge in [-0.2, -0.15) is 0 Å². The first-order valence-corrected chi connectivity index (χ1v) is 7.54. The van der Waals surface area contributed by atoms with Crippen molar-refractivity contribution < 1.29 is 19.1 Å². The van der Waals surface area contributed by atoms with Gasteiger partial charge in [-0.1, -0.05) is 30.3 Å². The van der Waals surface area contributed by atoms with Crippen LogP contribution in [0.2, 0.25) is 0 Å². The Morgan fingerprint density at radius 3 is 2.62 bits per heavy atom. The molecule has 0 atom stereocenters. The van der Waals surface area contributed by atoms with E-state index in [0.29, 0.717) is 28.0 Å². The predicted molar refractivity (Wildman–Crippen MR) is 90.4 cm³/mol. The first-order chi connectivity index (χ1) is 11.6. The molecule has 5 heteroatoms. The lowest BCUT2D eigenvalue weighted by Gasteiger charge is -2.09. The van der Waals surface area contributed by atoms with E-state index >= 15 is 0 Å². The van der Waals surface area contributed by atoms with Crippen molar-refractivity contribution in [3.8, 4) is 16.9 Å². The monoisotopic (exact) mass is 324 g/mol. The number of carboxylic acid groups (broad SMARTS) is 1. The summed E-state index contributed by atoms with van der Waals surface area (Å²) in [5.41, 5.74) is 1.68. The normalized spacial score (nSPS) is 10.7. The van der Waals surface area contributed by atoms with Crippen molar-refractivity contribution in [2.24, 2.45) is 0 Å². The third-order valence-corrected chi connectivity index (χ3v) is 3.69. The van der Waals surface area contributed by atoms with E-state index in [1.165, 1.54) is 0 Å². The smallest absolute Gasteiger partial charge is 0.306 e. The molecule has 0 unspecified atom stereocenters. The second kappa shape index (κ2) is 6.58. The Labute approximate surface area is 138 Å². The lowest BCUT2D eigenvalue weighted by molar-refractivity contribution is -0.137. The minimum absolute atomic E-state index is 0.0617. The molecule has 5 nitrogen and oxygen atoms in total. The zero-order valence-electron chi connectivity index (χ0n) is 13.1. The van der Waals surface area contributed by atoms with Crippen LogP contribution >= 0.6 is 0 Å². The molecule has 0 amide bonds. The van der Waals surface area contributed by atoms with Crippen molar-refractivity contribution in [3.63, 3.8) is 0 Å². The summed E-state index contributed by atoms with van der Waals surface area (Å²) in [6, 6.07) is 14.3. The minimum atomic E-state index is -0.925. The van der Waals surface area contributed by atoms with E-state index in [9.17, 15) is 9.59 Å². The van der Waals surface area contributed by atoms with E-state index in [2.05, 4.69) is 0 Å². The third kappa shape index (κ3) is 3.15. The highest BCUT2D eigenvalue weighted by Gasteiger charge is 2.13. The van der Waals surface area contributed by atoms with Crippen molar-refractivity contribution in [1.29, 1.82) is 0 Å². The molecule has 0 aliphatic rings. The highest BCUT2D eigenvalue weighted by molar-refractivity contribution is 5.83. The Kier molecular flexibility index (Phi) is 4.33. The van der Waals surface area contributed by atoms with E-state index in [-0.39, 0.29) is 18.5 Å². The Hall–Kier alpha value is -3.08. The van der Waals surface area contributed by atoms with Crippen molar-refractivity contribution in [2.75, 3.05) is 6.61 Å². The Balaban J connectivity index is 2.01. The van der Waals surface area contributed by atoms with Crippen LogP contribution in [0.3, 0.4) is 0 Å². The fourth-order valence-electron chi connectivity index (χ4n) is 2.57. The number of hydrogen-bond acceptors (Lipinski definition) is 4. The molecule has 2 aromatic carbocycles. The van der Waals surface area contributed by atoms with Gasteiger partial charge in [-0.05, 0) is 24.6 Å². The number of fused-ring (bicyclic) bond motifs is 1. The summed E-state index contributed by atoms with van der Waals surface area (Å²) >= 11 is 0. The van der Waals surface area contributed by atoms with Crippen LogP contribution in [0, 0.1) is 6.92 Å². The summed E-state index contributed by atoms with van der Waals surface area (Å²) in [7, 11) is 0. The molecule has 0 aliphatic carbocycles. The van der Waals surface area contributed by atoms with Gasteiger partial charge in [-0.3, -0.25) is 9.59 Å². The van der Waals surface area contributed by atoms with Crippen LogP contribution in [0.15, 0.2) is 57.7 Å². The summed E-state index contributed by atoms with van der Waals surface area (Å²) < 4.78 is 11.2. The van der Waals surface area contributed by atoms with Gasteiger partial charge >= 0.3 is 5.97 Å². The number of rotatable bonds is 5. The highest BCUT2D eigenvalue weighted by Crippen LogP contribution is 2.26. The summed E-state index contributed by atoms with van der Waals surface area (Å²) in [6.07, 6.45) is -0.0893. The maximum Gasteiger partial charge on any atom is 0.306 e. The fourth-order valence-corrected chi connectivity index (χ4v) is 2.57. The number of ether oxygens (including phenoxy) is 1. The molecule has 0 aliphatic heterocycles. The lowest BCUT2D eigenvalue weighted by atomic mass is 10.0. The molecular formula is C19H16O5. The maximum atomic E-state index is 12.8. The van der Waals surface area contributed by atoms with Gasteiger partial charge in [0.15, 0.2) is 0 Å². The van der Waals surface area contributed by atoms with Crippen molar-refractivity contribution >= 4 is 16.9 Å². The van der Waals surface area contributed by atoms with Gasteiger partial charge in [0.1, 0.15) is 17.1 Å². The van der Waals surface area contributed by atoms with Gasteiger partial charge in [0.25, 0.3) is 0 Å². The number of hydrogen-bond donors (Lipinski definition) is 1. The quantitative estimate of drug-likeness (QED) is 0.775. The zero-order chi connectivity index (χ0) is 17.1. The topological polar surface area (TPSA) is 76.7 Å². The van der Waals surface area contributed by atoms with Gasteiger partial charge in [0, 0.05) is 6.07 Å². The third-order valence-electron chi connectivity index (χ3n) is 3.69. The number of aliphatic carboxylic acids is 1. The Bertz CT molecular complexity index is 941.